The Morgan fingerprint density at radius 3 is 2.44 bits per heavy atom. The van der Waals surface area contributed by atoms with E-state index in [-0.39, 0.29) is 17.9 Å². The third-order valence-corrected chi connectivity index (χ3v) is 4.24. The molecule has 0 unspecified atom stereocenters. The first-order valence-electron chi connectivity index (χ1n) is 5.91. The van der Waals surface area contributed by atoms with E-state index in [1.807, 2.05) is 13.8 Å². The summed E-state index contributed by atoms with van der Waals surface area (Å²) in [6.45, 7) is 4.39. The van der Waals surface area contributed by atoms with Crippen molar-refractivity contribution < 1.29 is 9.90 Å². The summed E-state index contributed by atoms with van der Waals surface area (Å²) in [5, 5.41) is 12.3. The second-order valence-electron chi connectivity index (χ2n) is 5.57. The lowest BCUT2D eigenvalue weighted by molar-refractivity contribution is -0.129. The molecule has 0 heterocycles. The van der Waals surface area contributed by atoms with Crippen molar-refractivity contribution in [3.8, 4) is 0 Å². The van der Waals surface area contributed by atoms with Crippen molar-refractivity contribution in [1.82, 2.24) is 5.32 Å². The average Bonchev–Trinajstić information content (AvgIpc) is 2.75. The van der Waals surface area contributed by atoms with Crippen LogP contribution in [0.1, 0.15) is 39.5 Å². The Hall–Kier alpha value is -0.280. The molecule has 0 aromatic heterocycles. The number of aliphatic hydroxyl groups is 1. The molecule has 16 heavy (non-hydrogen) atoms. The van der Waals surface area contributed by atoms with Crippen LogP contribution in [0.15, 0.2) is 0 Å². The maximum absolute atomic E-state index is 11.8. The van der Waals surface area contributed by atoms with Crippen LogP contribution in [0, 0.1) is 10.8 Å². The standard InChI is InChI=1S/C12H22ClNO2/c1-11(2,7-13)10(16)14-8-12(9-15)5-3-4-6-12/h15H,3-9H2,1-2H3,(H,14,16). The maximum atomic E-state index is 11.8. The van der Waals surface area contributed by atoms with Gasteiger partial charge in [0.15, 0.2) is 0 Å². The summed E-state index contributed by atoms with van der Waals surface area (Å²) in [5.41, 5.74) is -0.616. The van der Waals surface area contributed by atoms with E-state index in [2.05, 4.69) is 5.32 Å². The molecule has 0 atom stereocenters. The molecule has 0 radical (unpaired) electrons. The Morgan fingerprint density at radius 2 is 2.00 bits per heavy atom. The average molecular weight is 248 g/mol. The molecule has 1 rings (SSSR count). The maximum Gasteiger partial charge on any atom is 0.226 e. The number of nitrogens with one attached hydrogen (secondary N) is 1. The minimum atomic E-state index is -0.531. The van der Waals surface area contributed by atoms with Gasteiger partial charge in [0.05, 0.1) is 12.0 Å². The Labute approximate surface area is 103 Å². The van der Waals surface area contributed by atoms with Crippen molar-refractivity contribution in [2.45, 2.75) is 39.5 Å². The Morgan fingerprint density at radius 1 is 1.44 bits per heavy atom. The zero-order valence-electron chi connectivity index (χ0n) is 10.2. The summed E-state index contributed by atoms with van der Waals surface area (Å²) in [5.74, 6) is 0.285. The van der Waals surface area contributed by atoms with Crippen LogP contribution in [-0.4, -0.2) is 30.0 Å². The molecular formula is C12H22ClNO2. The molecule has 0 aromatic rings. The smallest absolute Gasteiger partial charge is 0.226 e. The number of halogens is 1. The number of hydrogen-bond acceptors (Lipinski definition) is 2. The number of alkyl halides is 1. The molecule has 1 fully saturated rings. The van der Waals surface area contributed by atoms with Gasteiger partial charge < -0.3 is 10.4 Å². The molecule has 4 heteroatoms. The first kappa shape index (κ1) is 13.8. The fraction of sp³-hybridized carbons (Fsp3) is 0.917. The van der Waals surface area contributed by atoms with Crippen molar-refractivity contribution >= 4 is 17.5 Å². The zero-order chi connectivity index (χ0) is 12.2. The van der Waals surface area contributed by atoms with Crippen molar-refractivity contribution in [3.63, 3.8) is 0 Å². The van der Waals surface area contributed by atoms with E-state index in [4.69, 9.17) is 11.6 Å². The Kier molecular flexibility index (Phi) is 4.62. The van der Waals surface area contributed by atoms with Gasteiger partial charge in [-0.25, -0.2) is 0 Å². The fourth-order valence-corrected chi connectivity index (χ4v) is 2.20. The van der Waals surface area contributed by atoms with Gasteiger partial charge in [-0.3, -0.25) is 4.79 Å². The van der Waals surface area contributed by atoms with Crippen LogP contribution >= 0.6 is 11.6 Å². The van der Waals surface area contributed by atoms with Crippen molar-refractivity contribution in [3.05, 3.63) is 0 Å². The van der Waals surface area contributed by atoms with E-state index >= 15 is 0 Å². The van der Waals surface area contributed by atoms with E-state index < -0.39 is 5.41 Å². The van der Waals surface area contributed by atoms with Crippen LogP contribution in [0.25, 0.3) is 0 Å². The first-order valence-corrected chi connectivity index (χ1v) is 6.44. The second-order valence-corrected chi connectivity index (χ2v) is 5.83. The molecule has 0 aromatic carbocycles. The highest BCUT2D eigenvalue weighted by atomic mass is 35.5. The highest BCUT2D eigenvalue weighted by Crippen LogP contribution is 2.37. The summed E-state index contributed by atoms with van der Waals surface area (Å²) < 4.78 is 0. The fourth-order valence-electron chi connectivity index (χ4n) is 2.08. The summed E-state index contributed by atoms with van der Waals surface area (Å²) in [6, 6.07) is 0. The predicted molar refractivity (Wildman–Crippen MR) is 65.5 cm³/mol. The van der Waals surface area contributed by atoms with Gasteiger partial charge in [0, 0.05) is 17.8 Å². The van der Waals surface area contributed by atoms with Crippen molar-refractivity contribution in [2.24, 2.45) is 10.8 Å². The van der Waals surface area contributed by atoms with Crippen molar-refractivity contribution in [2.75, 3.05) is 19.0 Å². The molecule has 1 amide bonds. The number of carbonyl (C=O) groups excluding carboxylic acids is 1. The van der Waals surface area contributed by atoms with Gasteiger partial charge in [0.1, 0.15) is 0 Å². The number of rotatable bonds is 5. The minimum absolute atomic E-state index is 0.0257. The molecule has 1 aliphatic carbocycles. The molecule has 94 valence electrons. The zero-order valence-corrected chi connectivity index (χ0v) is 10.9. The quantitative estimate of drug-likeness (QED) is 0.730. The summed E-state index contributed by atoms with van der Waals surface area (Å²) in [6.07, 6.45) is 4.31. The number of amides is 1. The van der Waals surface area contributed by atoms with Crippen LogP contribution < -0.4 is 5.32 Å². The molecule has 0 spiro atoms. The summed E-state index contributed by atoms with van der Waals surface area (Å²) >= 11 is 5.74. The SMILES string of the molecule is CC(C)(CCl)C(=O)NCC1(CO)CCCC1. The summed E-state index contributed by atoms with van der Waals surface area (Å²) in [4.78, 5) is 11.8. The molecule has 0 bridgehead atoms. The Balaban J connectivity index is 2.47. The lowest BCUT2D eigenvalue weighted by atomic mass is 9.86. The molecule has 0 saturated heterocycles. The largest absolute Gasteiger partial charge is 0.396 e. The number of hydrogen-bond donors (Lipinski definition) is 2. The number of carbonyl (C=O) groups is 1. The van der Waals surface area contributed by atoms with Crippen LogP contribution in [-0.2, 0) is 4.79 Å². The summed E-state index contributed by atoms with van der Waals surface area (Å²) in [7, 11) is 0. The van der Waals surface area contributed by atoms with E-state index in [1.54, 1.807) is 0 Å². The van der Waals surface area contributed by atoms with E-state index in [0.29, 0.717) is 12.4 Å². The third-order valence-electron chi connectivity index (χ3n) is 3.57. The first-order chi connectivity index (χ1) is 7.46. The van der Waals surface area contributed by atoms with Crippen molar-refractivity contribution in [1.29, 1.82) is 0 Å². The Bertz CT molecular complexity index is 247. The van der Waals surface area contributed by atoms with Gasteiger partial charge in [-0.1, -0.05) is 12.8 Å². The van der Waals surface area contributed by atoms with Crippen LogP contribution in [0.3, 0.4) is 0 Å². The van der Waals surface area contributed by atoms with Gasteiger partial charge in [0.25, 0.3) is 0 Å². The lowest BCUT2D eigenvalue weighted by Gasteiger charge is -2.29. The van der Waals surface area contributed by atoms with Gasteiger partial charge in [-0.15, -0.1) is 11.6 Å². The van der Waals surface area contributed by atoms with Gasteiger partial charge in [-0.2, -0.15) is 0 Å². The van der Waals surface area contributed by atoms with Gasteiger partial charge >= 0.3 is 0 Å². The molecule has 1 saturated carbocycles. The molecular weight excluding hydrogens is 226 g/mol. The number of aliphatic hydroxyl groups excluding tert-OH is 1. The topological polar surface area (TPSA) is 49.3 Å². The highest BCUT2D eigenvalue weighted by Gasteiger charge is 2.35. The predicted octanol–water partition coefficient (Wildman–Crippen LogP) is 1.92. The second kappa shape index (κ2) is 5.37. The van der Waals surface area contributed by atoms with Crippen LogP contribution in [0.4, 0.5) is 0 Å². The minimum Gasteiger partial charge on any atom is -0.396 e. The van der Waals surface area contributed by atoms with E-state index in [9.17, 15) is 9.90 Å². The highest BCUT2D eigenvalue weighted by molar-refractivity contribution is 6.19. The normalized spacial score (nSPS) is 19.8. The molecule has 1 aliphatic rings. The van der Waals surface area contributed by atoms with Gasteiger partial charge in [-0.05, 0) is 26.7 Å². The lowest BCUT2D eigenvalue weighted by Crippen LogP contribution is -2.44. The third kappa shape index (κ3) is 3.11. The van der Waals surface area contributed by atoms with E-state index in [0.717, 1.165) is 25.7 Å². The molecule has 0 aliphatic heterocycles. The molecule has 3 nitrogen and oxygen atoms in total. The van der Waals surface area contributed by atoms with Crippen LogP contribution in [0.2, 0.25) is 0 Å². The van der Waals surface area contributed by atoms with Gasteiger partial charge in [0.2, 0.25) is 5.91 Å². The van der Waals surface area contributed by atoms with E-state index in [1.165, 1.54) is 0 Å². The van der Waals surface area contributed by atoms with Crippen LogP contribution in [0.5, 0.6) is 0 Å². The monoisotopic (exact) mass is 247 g/mol. The molecule has 2 N–H and O–H groups in total.